The van der Waals surface area contributed by atoms with Gasteiger partial charge in [-0.15, -0.1) is 11.3 Å². The molecule has 0 fully saturated rings. The van der Waals surface area contributed by atoms with Gasteiger partial charge in [-0.2, -0.15) is 0 Å². The number of nitrogens with one attached hydrogen (secondary N) is 1. The number of aryl methyl sites for hydroxylation is 2. The van der Waals surface area contributed by atoms with E-state index in [1.807, 2.05) is 44.2 Å². The summed E-state index contributed by atoms with van der Waals surface area (Å²) in [6, 6.07) is 13.3. The van der Waals surface area contributed by atoms with Crippen molar-refractivity contribution >= 4 is 44.8 Å². The number of nitrogens with zero attached hydrogens (tertiary/aromatic N) is 1. The van der Waals surface area contributed by atoms with Crippen LogP contribution in [-0.4, -0.2) is 9.97 Å². The first-order chi connectivity index (χ1) is 12.4. The van der Waals surface area contributed by atoms with Gasteiger partial charge in [0.1, 0.15) is 10.7 Å². The minimum absolute atomic E-state index is 0.156. The van der Waals surface area contributed by atoms with E-state index in [0.717, 1.165) is 27.1 Å². The summed E-state index contributed by atoms with van der Waals surface area (Å²) in [5, 5.41) is 1.53. The van der Waals surface area contributed by atoms with Gasteiger partial charge in [-0.25, -0.2) is 4.98 Å². The standard InChI is InChI=1S/C20H14Cl2N2OS/c1-10-4-3-5-13(8-10)18-23-19(25)17-16(11(2)26-20(17)24-18)12-6-7-14(21)15(22)9-12/h3-9H,1-2H3,(H,23,24,25). The van der Waals surface area contributed by atoms with E-state index in [-0.39, 0.29) is 5.56 Å². The van der Waals surface area contributed by atoms with Gasteiger partial charge in [-0.05, 0) is 37.6 Å². The first-order valence-electron chi connectivity index (χ1n) is 8.00. The molecule has 0 radical (unpaired) electrons. The lowest BCUT2D eigenvalue weighted by Crippen LogP contribution is -2.09. The van der Waals surface area contributed by atoms with Crippen LogP contribution in [0.2, 0.25) is 10.0 Å². The van der Waals surface area contributed by atoms with Crippen molar-refractivity contribution in [2.75, 3.05) is 0 Å². The van der Waals surface area contributed by atoms with Crippen LogP contribution in [0.5, 0.6) is 0 Å². The Balaban J connectivity index is 1.96. The first-order valence-corrected chi connectivity index (χ1v) is 9.57. The van der Waals surface area contributed by atoms with E-state index >= 15 is 0 Å². The minimum atomic E-state index is -0.156. The number of aromatic amines is 1. The Kier molecular flexibility index (Phi) is 4.35. The highest BCUT2D eigenvalue weighted by molar-refractivity contribution is 7.19. The number of hydrogen-bond donors (Lipinski definition) is 1. The molecule has 2 heterocycles. The normalized spacial score (nSPS) is 11.2. The molecular weight excluding hydrogens is 387 g/mol. The molecule has 3 nitrogen and oxygen atoms in total. The monoisotopic (exact) mass is 400 g/mol. The van der Waals surface area contributed by atoms with E-state index in [1.54, 1.807) is 12.1 Å². The first kappa shape index (κ1) is 17.3. The molecule has 0 saturated carbocycles. The average molecular weight is 401 g/mol. The zero-order chi connectivity index (χ0) is 18.4. The fourth-order valence-electron chi connectivity index (χ4n) is 3.05. The van der Waals surface area contributed by atoms with Crippen LogP contribution >= 0.6 is 34.5 Å². The van der Waals surface area contributed by atoms with Crippen molar-refractivity contribution < 1.29 is 0 Å². The molecule has 4 aromatic rings. The highest BCUT2D eigenvalue weighted by atomic mass is 35.5. The molecule has 1 N–H and O–H groups in total. The number of benzene rings is 2. The van der Waals surface area contributed by atoms with Crippen LogP contribution in [0.25, 0.3) is 32.7 Å². The van der Waals surface area contributed by atoms with E-state index in [4.69, 9.17) is 28.2 Å². The Morgan fingerprint density at radius 3 is 2.54 bits per heavy atom. The molecule has 0 amide bonds. The number of fused-ring (bicyclic) bond motifs is 1. The summed E-state index contributed by atoms with van der Waals surface area (Å²) in [7, 11) is 0. The van der Waals surface area contributed by atoms with E-state index in [2.05, 4.69) is 4.98 Å². The summed E-state index contributed by atoms with van der Waals surface area (Å²) in [5.74, 6) is 0.577. The summed E-state index contributed by atoms with van der Waals surface area (Å²) < 4.78 is 0. The Morgan fingerprint density at radius 2 is 1.81 bits per heavy atom. The van der Waals surface area contributed by atoms with Crippen molar-refractivity contribution in [3.05, 3.63) is 73.3 Å². The predicted octanol–water partition coefficient (Wildman–Crippen LogP) is 6.24. The van der Waals surface area contributed by atoms with Crippen LogP contribution in [0.4, 0.5) is 0 Å². The molecule has 2 aromatic carbocycles. The molecule has 26 heavy (non-hydrogen) atoms. The Bertz CT molecular complexity index is 1210. The van der Waals surface area contributed by atoms with Gasteiger partial charge in [0.2, 0.25) is 0 Å². The van der Waals surface area contributed by atoms with Crippen molar-refractivity contribution in [3.63, 3.8) is 0 Å². The van der Waals surface area contributed by atoms with Gasteiger partial charge in [-0.3, -0.25) is 4.79 Å². The van der Waals surface area contributed by atoms with Gasteiger partial charge in [0.05, 0.1) is 15.4 Å². The number of thiophene rings is 1. The summed E-state index contributed by atoms with van der Waals surface area (Å²) >= 11 is 13.7. The van der Waals surface area contributed by atoms with Crippen molar-refractivity contribution in [2.24, 2.45) is 0 Å². The summed E-state index contributed by atoms with van der Waals surface area (Å²) in [4.78, 5) is 22.2. The molecule has 0 atom stereocenters. The van der Waals surface area contributed by atoms with E-state index in [0.29, 0.717) is 26.1 Å². The van der Waals surface area contributed by atoms with E-state index < -0.39 is 0 Å². The number of aromatic nitrogens is 2. The third-order valence-corrected chi connectivity index (χ3v) is 5.98. The van der Waals surface area contributed by atoms with Gasteiger partial charge in [0.25, 0.3) is 5.56 Å². The largest absolute Gasteiger partial charge is 0.306 e. The maximum absolute atomic E-state index is 12.9. The number of rotatable bonds is 2. The van der Waals surface area contributed by atoms with Crippen LogP contribution in [0, 0.1) is 13.8 Å². The highest BCUT2D eigenvalue weighted by Crippen LogP contribution is 2.38. The Hall–Kier alpha value is -2.14. The fourth-order valence-corrected chi connectivity index (χ4v) is 4.39. The number of halogens is 2. The van der Waals surface area contributed by atoms with Gasteiger partial charge >= 0.3 is 0 Å². The molecule has 0 saturated heterocycles. The summed E-state index contributed by atoms with van der Waals surface area (Å²) in [6.07, 6.45) is 0. The zero-order valence-electron chi connectivity index (χ0n) is 14.1. The van der Waals surface area contributed by atoms with Crippen molar-refractivity contribution in [1.82, 2.24) is 9.97 Å². The Morgan fingerprint density at radius 1 is 1.00 bits per heavy atom. The molecule has 130 valence electrons. The molecule has 0 aliphatic rings. The molecule has 2 aromatic heterocycles. The lowest BCUT2D eigenvalue weighted by molar-refractivity contribution is 1.19. The third-order valence-electron chi connectivity index (χ3n) is 4.24. The van der Waals surface area contributed by atoms with Gasteiger partial charge in [0, 0.05) is 16.0 Å². The van der Waals surface area contributed by atoms with Gasteiger partial charge < -0.3 is 4.98 Å². The molecule has 0 aliphatic carbocycles. The van der Waals surface area contributed by atoms with Crippen LogP contribution in [0.15, 0.2) is 47.3 Å². The topological polar surface area (TPSA) is 45.8 Å². The number of H-pyrrole nitrogens is 1. The smallest absolute Gasteiger partial charge is 0.260 e. The molecular formula is C20H14Cl2N2OS. The molecule has 0 bridgehead atoms. The summed E-state index contributed by atoms with van der Waals surface area (Å²) in [5.41, 5.74) is 3.57. The van der Waals surface area contributed by atoms with Gasteiger partial charge in [0.15, 0.2) is 0 Å². The second-order valence-corrected chi connectivity index (χ2v) is 8.14. The Labute approximate surface area is 164 Å². The molecule has 0 unspecified atom stereocenters. The highest BCUT2D eigenvalue weighted by Gasteiger charge is 2.18. The summed E-state index contributed by atoms with van der Waals surface area (Å²) in [6.45, 7) is 3.99. The maximum Gasteiger partial charge on any atom is 0.260 e. The molecule has 6 heteroatoms. The zero-order valence-corrected chi connectivity index (χ0v) is 16.4. The second-order valence-electron chi connectivity index (χ2n) is 6.13. The number of hydrogen-bond acceptors (Lipinski definition) is 3. The molecule has 0 spiro atoms. The molecule has 4 rings (SSSR count). The predicted molar refractivity (Wildman–Crippen MR) is 111 cm³/mol. The van der Waals surface area contributed by atoms with Crippen molar-refractivity contribution in [3.8, 4) is 22.5 Å². The molecule has 0 aliphatic heterocycles. The fraction of sp³-hybridized carbons (Fsp3) is 0.100. The average Bonchev–Trinajstić information content (AvgIpc) is 2.94. The minimum Gasteiger partial charge on any atom is -0.306 e. The van der Waals surface area contributed by atoms with Crippen LogP contribution < -0.4 is 5.56 Å². The quantitative estimate of drug-likeness (QED) is 0.432. The van der Waals surface area contributed by atoms with E-state index in [9.17, 15) is 4.79 Å². The lowest BCUT2D eigenvalue weighted by Gasteiger charge is -2.05. The second kappa shape index (κ2) is 6.54. The van der Waals surface area contributed by atoms with E-state index in [1.165, 1.54) is 11.3 Å². The van der Waals surface area contributed by atoms with Crippen LogP contribution in [0.1, 0.15) is 10.4 Å². The van der Waals surface area contributed by atoms with Crippen LogP contribution in [-0.2, 0) is 0 Å². The van der Waals surface area contributed by atoms with Crippen molar-refractivity contribution in [1.29, 1.82) is 0 Å². The third kappa shape index (κ3) is 2.94. The maximum atomic E-state index is 12.9. The SMILES string of the molecule is Cc1cccc(-c2nc3sc(C)c(-c4ccc(Cl)c(Cl)c4)c3c(=O)[nH]2)c1. The van der Waals surface area contributed by atoms with Crippen LogP contribution in [0.3, 0.4) is 0 Å². The van der Waals surface area contributed by atoms with Gasteiger partial charge in [-0.1, -0.05) is 53.0 Å². The van der Waals surface area contributed by atoms with Crippen molar-refractivity contribution in [2.45, 2.75) is 13.8 Å². The lowest BCUT2D eigenvalue weighted by atomic mass is 10.0.